The van der Waals surface area contributed by atoms with Gasteiger partial charge in [-0.15, -0.1) is 0 Å². The molecular weight excluding hydrogens is 403 g/mol. The van der Waals surface area contributed by atoms with Gasteiger partial charge in [0.2, 0.25) is 0 Å². The van der Waals surface area contributed by atoms with E-state index in [1.807, 2.05) is 36.1 Å². The lowest BCUT2D eigenvalue weighted by Crippen LogP contribution is -2.47. The Morgan fingerprint density at radius 2 is 1.84 bits per heavy atom. The Morgan fingerprint density at radius 3 is 2.45 bits per heavy atom. The zero-order chi connectivity index (χ0) is 22.5. The van der Waals surface area contributed by atoms with Gasteiger partial charge in [0.1, 0.15) is 17.3 Å². The van der Waals surface area contributed by atoms with Crippen LogP contribution in [0.25, 0.3) is 5.57 Å². The van der Waals surface area contributed by atoms with Crippen molar-refractivity contribution in [1.82, 2.24) is 4.90 Å². The topological polar surface area (TPSA) is 29.5 Å². The second-order valence-corrected chi connectivity index (χ2v) is 9.03. The number of nitrogens with zero attached hydrogens (tertiary/aromatic N) is 1. The third-order valence-corrected chi connectivity index (χ3v) is 6.17. The van der Waals surface area contributed by atoms with E-state index in [4.69, 9.17) is 0 Å². The van der Waals surface area contributed by atoms with E-state index in [-0.39, 0.29) is 23.7 Å². The minimum atomic E-state index is -1.55. The summed E-state index contributed by atoms with van der Waals surface area (Å²) < 4.78 is 50.0. The fourth-order valence-electron chi connectivity index (χ4n) is 4.93. The highest BCUT2D eigenvalue weighted by Gasteiger charge is 2.43. The molecular formula is C25H26F3NO2. The standard InChI is InChI=1S/C25H26F3NO2/c1-14-9-18-17-8-6-5-7-15(17)10-19(18)23(29(14)13-25(2,3)28)22-20(26)11-16(12-21(22)27)24(30)31-4/h5-8,11-12,14,23H,9-10,13H2,1-4H3/t14-,23+/m1/s1. The Hall–Kier alpha value is -2.60. The maximum absolute atomic E-state index is 15.3. The van der Waals surface area contributed by atoms with Crippen LogP contribution in [0, 0.1) is 11.6 Å². The van der Waals surface area contributed by atoms with Crippen LogP contribution in [0.1, 0.15) is 60.3 Å². The number of benzene rings is 2. The van der Waals surface area contributed by atoms with Crippen molar-refractivity contribution in [3.05, 3.63) is 75.9 Å². The quantitative estimate of drug-likeness (QED) is 0.589. The third kappa shape index (κ3) is 3.89. The fraction of sp³-hybridized carbons (Fsp3) is 0.400. The minimum absolute atomic E-state index is 0.0313. The molecule has 0 radical (unpaired) electrons. The molecule has 164 valence electrons. The number of alkyl halides is 1. The van der Waals surface area contributed by atoms with Crippen LogP contribution < -0.4 is 0 Å². The Labute approximate surface area is 180 Å². The summed E-state index contributed by atoms with van der Waals surface area (Å²) in [6.45, 7) is 4.93. The Balaban J connectivity index is 1.89. The lowest BCUT2D eigenvalue weighted by molar-refractivity contribution is 0.0598. The smallest absolute Gasteiger partial charge is 0.338 e. The van der Waals surface area contributed by atoms with E-state index < -0.39 is 29.3 Å². The SMILES string of the molecule is COC(=O)c1cc(F)c([C@@H]2C3=C(C[C@@H](C)N2CC(C)(C)F)c2ccccc2C3)c(F)c1. The van der Waals surface area contributed by atoms with Gasteiger partial charge in [-0.05, 0) is 68.0 Å². The second-order valence-electron chi connectivity index (χ2n) is 9.03. The van der Waals surface area contributed by atoms with Crippen LogP contribution in [-0.4, -0.2) is 36.2 Å². The van der Waals surface area contributed by atoms with E-state index in [1.165, 1.54) is 13.8 Å². The fourth-order valence-corrected chi connectivity index (χ4v) is 4.93. The lowest BCUT2D eigenvalue weighted by atomic mass is 9.83. The highest BCUT2D eigenvalue weighted by molar-refractivity contribution is 5.89. The van der Waals surface area contributed by atoms with Crippen molar-refractivity contribution in [2.75, 3.05) is 13.7 Å². The summed E-state index contributed by atoms with van der Waals surface area (Å²) in [7, 11) is 1.16. The molecule has 6 heteroatoms. The highest BCUT2D eigenvalue weighted by Crippen LogP contribution is 2.50. The number of ether oxygens (including phenoxy) is 1. The van der Waals surface area contributed by atoms with Crippen LogP contribution in [0.5, 0.6) is 0 Å². The maximum Gasteiger partial charge on any atom is 0.338 e. The Morgan fingerprint density at radius 1 is 1.19 bits per heavy atom. The van der Waals surface area contributed by atoms with E-state index in [1.54, 1.807) is 0 Å². The third-order valence-electron chi connectivity index (χ3n) is 6.17. The molecule has 0 unspecified atom stereocenters. The molecule has 0 N–H and O–H groups in total. The van der Waals surface area contributed by atoms with E-state index in [2.05, 4.69) is 4.74 Å². The minimum Gasteiger partial charge on any atom is -0.465 e. The van der Waals surface area contributed by atoms with Crippen molar-refractivity contribution in [2.45, 2.75) is 51.4 Å². The van der Waals surface area contributed by atoms with Crippen LogP contribution in [-0.2, 0) is 11.2 Å². The van der Waals surface area contributed by atoms with Gasteiger partial charge in [-0.2, -0.15) is 0 Å². The van der Waals surface area contributed by atoms with Gasteiger partial charge in [-0.25, -0.2) is 18.0 Å². The van der Waals surface area contributed by atoms with E-state index in [9.17, 15) is 9.18 Å². The van der Waals surface area contributed by atoms with Gasteiger partial charge in [-0.3, -0.25) is 4.90 Å². The number of rotatable bonds is 4. The van der Waals surface area contributed by atoms with Gasteiger partial charge >= 0.3 is 5.97 Å². The Bertz CT molecular complexity index is 1050. The van der Waals surface area contributed by atoms with Gasteiger partial charge in [0.15, 0.2) is 0 Å². The van der Waals surface area contributed by atoms with Gasteiger partial charge in [-0.1, -0.05) is 24.3 Å². The van der Waals surface area contributed by atoms with Gasteiger partial charge in [0.25, 0.3) is 0 Å². The van der Waals surface area contributed by atoms with Crippen molar-refractivity contribution >= 4 is 11.5 Å². The van der Waals surface area contributed by atoms with Gasteiger partial charge in [0, 0.05) is 18.2 Å². The number of halogens is 3. The first-order valence-electron chi connectivity index (χ1n) is 10.4. The summed E-state index contributed by atoms with van der Waals surface area (Å²) in [5, 5.41) is 0. The molecule has 0 bridgehead atoms. The normalized spacial score (nSPS) is 21.1. The number of esters is 1. The highest BCUT2D eigenvalue weighted by atomic mass is 19.1. The average Bonchev–Trinajstić information content (AvgIpc) is 3.06. The monoisotopic (exact) mass is 429 g/mol. The number of hydrogen-bond acceptors (Lipinski definition) is 3. The van der Waals surface area contributed by atoms with E-state index in [0.717, 1.165) is 41.5 Å². The number of fused-ring (bicyclic) bond motifs is 2. The number of methoxy groups -OCH3 is 1. The van der Waals surface area contributed by atoms with Crippen molar-refractivity contribution < 1.29 is 22.7 Å². The summed E-state index contributed by atoms with van der Waals surface area (Å²) in [4.78, 5) is 13.7. The van der Waals surface area contributed by atoms with E-state index in [0.29, 0.717) is 12.8 Å². The predicted molar refractivity (Wildman–Crippen MR) is 113 cm³/mol. The molecule has 0 amide bonds. The summed E-state index contributed by atoms with van der Waals surface area (Å²) in [6.07, 6.45) is 1.24. The summed E-state index contributed by atoms with van der Waals surface area (Å²) in [6, 6.07) is 9.09. The first kappa shape index (κ1) is 21.6. The average molecular weight is 429 g/mol. The summed E-state index contributed by atoms with van der Waals surface area (Å²) >= 11 is 0. The van der Waals surface area contributed by atoms with Crippen LogP contribution >= 0.6 is 0 Å². The van der Waals surface area contributed by atoms with Crippen LogP contribution in [0.3, 0.4) is 0 Å². The van der Waals surface area contributed by atoms with Crippen LogP contribution in [0.2, 0.25) is 0 Å². The summed E-state index contributed by atoms with van der Waals surface area (Å²) in [5.41, 5.74) is 2.30. The van der Waals surface area contributed by atoms with Crippen molar-refractivity contribution in [2.24, 2.45) is 0 Å². The molecule has 0 fully saturated rings. The molecule has 31 heavy (non-hydrogen) atoms. The first-order valence-corrected chi connectivity index (χ1v) is 10.4. The Kier molecular flexibility index (Phi) is 5.46. The molecule has 1 aliphatic heterocycles. The van der Waals surface area contributed by atoms with E-state index >= 15 is 8.78 Å². The largest absolute Gasteiger partial charge is 0.465 e. The zero-order valence-corrected chi connectivity index (χ0v) is 18.1. The molecule has 0 saturated carbocycles. The predicted octanol–water partition coefficient (Wildman–Crippen LogP) is 5.64. The lowest BCUT2D eigenvalue weighted by Gasteiger charge is -2.44. The van der Waals surface area contributed by atoms with Gasteiger partial charge < -0.3 is 4.74 Å². The molecule has 0 saturated heterocycles. The van der Waals surface area contributed by atoms with Crippen LogP contribution in [0.4, 0.5) is 13.2 Å². The molecule has 2 atom stereocenters. The molecule has 0 spiro atoms. The maximum atomic E-state index is 15.3. The number of hydrogen-bond donors (Lipinski definition) is 0. The zero-order valence-electron chi connectivity index (χ0n) is 18.1. The first-order chi connectivity index (χ1) is 14.6. The van der Waals surface area contributed by atoms with Crippen molar-refractivity contribution in [3.63, 3.8) is 0 Å². The molecule has 0 aromatic heterocycles. The molecule has 1 aliphatic carbocycles. The molecule has 1 heterocycles. The molecule has 4 rings (SSSR count). The molecule has 2 aliphatic rings. The summed E-state index contributed by atoms with van der Waals surface area (Å²) in [5.74, 6) is -2.47. The van der Waals surface area contributed by atoms with Crippen molar-refractivity contribution in [3.8, 4) is 0 Å². The number of carbonyl (C=O) groups is 1. The number of carbonyl (C=O) groups excluding carboxylic acids is 1. The second kappa shape index (κ2) is 7.83. The van der Waals surface area contributed by atoms with Crippen molar-refractivity contribution in [1.29, 1.82) is 0 Å². The van der Waals surface area contributed by atoms with Crippen LogP contribution in [0.15, 0.2) is 42.0 Å². The molecule has 3 nitrogen and oxygen atoms in total. The molecule has 2 aromatic rings. The molecule has 2 aromatic carbocycles. The van der Waals surface area contributed by atoms with Gasteiger partial charge in [0.05, 0.1) is 18.7 Å².